The molecular weight excluding hydrogens is 276 g/mol. The lowest BCUT2D eigenvalue weighted by atomic mass is 10.3. The lowest BCUT2D eigenvalue weighted by Gasteiger charge is -2.13. The number of amides is 1. The number of hydrogen-bond donors (Lipinski definition) is 2. The van der Waals surface area contributed by atoms with Crippen LogP contribution in [0.1, 0.15) is 13.3 Å². The van der Waals surface area contributed by atoms with Crippen molar-refractivity contribution in [3.05, 3.63) is 30.9 Å². The summed E-state index contributed by atoms with van der Waals surface area (Å²) in [4.78, 5) is 27.8. The van der Waals surface area contributed by atoms with Crippen LogP contribution in [0.2, 0.25) is 0 Å². The molecule has 0 aliphatic rings. The van der Waals surface area contributed by atoms with Crippen LogP contribution in [0.25, 0.3) is 0 Å². The van der Waals surface area contributed by atoms with Crippen LogP contribution < -0.4 is 11.1 Å². The quantitative estimate of drug-likeness (QED) is 0.800. The summed E-state index contributed by atoms with van der Waals surface area (Å²) in [5.41, 5.74) is 6.20. The maximum absolute atomic E-state index is 12.2. The number of hydrogen-bond acceptors (Lipinski definition) is 7. The first-order chi connectivity index (χ1) is 9.69. The number of anilines is 2. The van der Waals surface area contributed by atoms with Crippen LogP contribution in [0.4, 0.5) is 11.6 Å². The number of carbonyl (C=O) groups is 1. The minimum absolute atomic E-state index is 0.109. The highest BCUT2D eigenvalue weighted by molar-refractivity contribution is 8.00. The Labute approximate surface area is 120 Å². The van der Waals surface area contributed by atoms with Crippen LogP contribution in [0.5, 0.6) is 0 Å². The van der Waals surface area contributed by atoms with Crippen molar-refractivity contribution in [3.8, 4) is 0 Å². The topological polar surface area (TPSA) is 107 Å². The first-order valence-electron chi connectivity index (χ1n) is 6.01. The molecule has 0 aliphatic carbocycles. The zero-order valence-corrected chi connectivity index (χ0v) is 11.7. The Balaban J connectivity index is 2.02. The molecule has 1 atom stereocenters. The van der Waals surface area contributed by atoms with Crippen molar-refractivity contribution < 1.29 is 4.79 Å². The summed E-state index contributed by atoms with van der Waals surface area (Å²) < 4.78 is 0. The molecular formula is C12H14N6OS. The van der Waals surface area contributed by atoms with Crippen LogP contribution in [0.15, 0.2) is 36.0 Å². The van der Waals surface area contributed by atoms with Crippen molar-refractivity contribution in [2.24, 2.45) is 0 Å². The number of nitrogen functional groups attached to an aromatic ring is 1. The molecule has 8 heteroatoms. The van der Waals surface area contributed by atoms with Gasteiger partial charge < -0.3 is 11.1 Å². The van der Waals surface area contributed by atoms with Gasteiger partial charge in [0, 0.05) is 18.1 Å². The number of carbonyl (C=O) groups excluding carboxylic acids is 1. The largest absolute Gasteiger partial charge is 0.368 e. The van der Waals surface area contributed by atoms with Gasteiger partial charge in [-0.2, -0.15) is 4.98 Å². The molecule has 0 spiro atoms. The van der Waals surface area contributed by atoms with Crippen LogP contribution in [-0.2, 0) is 4.79 Å². The van der Waals surface area contributed by atoms with Crippen LogP contribution in [-0.4, -0.2) is 31.1 Å². The van der Waals surface area contributed by atoms with E-state index in [1.807, 2.05) is 6.92 Å². The maximum atomic E-state index is 12.2. The van der Waals surface area contributed by atoms with Gasteiger partial charge in [-0.15, -0.1) is 0 Å². The molecule has 0 fully saturated rings. The van der Waals surface area contributed by atoms with Gasteiger partial charge in [0.15, 0.2) is 5.16 Å². The molecule has 0 saturated carbocycles. The van der Waals surface area contributed by atoms with Crippen molar-refractivity contribution in [3.63, 3.8) is 0 Å². The summed E-state index contributed by atoms with van der Waals surface area (Å²) in [6, 6.07) is 3.46. The average Bonchev–Trinajstić information content (AvgIpc) is 2.46. The number of nitrogens with one attached hydrogen (secondary N) is 1. The molecule has 7 nitrogen and oxygen atoms in total. The standard InChI is InChI=1S/C12H14N6OS/c1-2-9(20-12-16-7-15-11(13)18-12)10(19)17-8-3-5-14-6-4-8/h3-7,9H,2H2,1H3,(H,14,17,19)(H2,13,15,16,18). The van der Waals surface area contributed by atoms with E-state index >= 15 is 0 Å². The summed E-state index contributed by atoms with van der Waals surface area (Å²) in [5, 5.41) is 2.96. The minimum Gasteiger partial charge on any atom is -0.368 e. The van der Waals surface area contributed by atoms with Gasteiger partial charge in [-0.1, -0.05) is 18.7 Å². The van der Waals surface area contributed by atoms with E-state index in [-0.39, 0.29) is 17.1 Å². The monoisotopic (exact) mass is 290 g/mol. The van der Waals surface area contributed by atoms with Gasteiger partial charge in [0.25, 0.3) is 0 Å². The predicted octanol–water partition coefficient (Wildman–Crippen LogP) is 1.36. The zero-order valence-electron chi connectivity index (χ0n) is 10.9. The third-order valence-electron chi connectivity index (χ3n) is 2.43. The molecule has 1 amide bonds. The third-order valence-corrected chi connectivity index (χ3v) is 3.67. The number of nitrogens with zero attached hydrogens (tertiary/aromatic N) is 4. The van der Waals surface area contributed by atoms with E-state index < -0.39 is 0 Å². The second-order valence-electron chi connectivity index (χ2n) is 3.87. The molecule has 0 saturated heterocycles. The Morgan fingerprint density at radius 1 is 1.40 bits per heavy atom. The molecule has 0 aliphatic heterocycles. The fourth-order valence-corrected chi connectivity index (χ4v) is 2.30. The molecule has 2 rings (SSSR count). The summed E-state index contributed by atoms with van der Waals surface area (Å²) in [6.07, 6.45) is 5.22. The van der Waals surface area contributed by atoms with Crippen molar-refractivity contribution in [2.45, 2.75) is 23.8 Å². The molecule has 0 aromatic carbocycles. The SMILES string of the molecule is CCC(Sc1ncnc(N)n1)C(=O)Nc1ccncc1. The Morgan fingerprint density at radius 2 is 2.15 bits per heavy atom. The van der Waals surface area contributed by atoms with Crippen molar-refractivity contribution >= 4 is 29.3 Å². The molecule has 0 bridgehead atoms. The predicted molar refractivity (Wildman–Crippen MR) is 77.0 cm³/mol. The van der Waals surface area contributed by atoms with Crippen molar-refractivity contribution in [2.75, 3.05) is 11.1 Å². The molecule has 104 valence electrons. The Bertz CT molecular complexity index is 579. The highest BCUT2D eigenvalue weighted by Crippen LogP contribution is 2.23. The van der Waals surface area contributed by atoms with Gasteiger partial charge in [0.1, 0.15) is 6.33 Å². The van der Waals surface area contributed by atoms with Gasteiger partial charge in [0.05, 0.1) is 5.25 Å². The lowest BCUT2D eigenvalue weighted by molar-refractivity contribution is -0.115. The number of aromatic nitrogens is 4. The molecule has 2 aromatic heterocycles. The molecule has 1 unspecified atom stereocenters. The van der Waals surface area contributed by atoms with E-state index in [1.165, 1.54) is 18.1 Å². The van der Waals surface area contributed by atoms with E-state index in [9.17, 15) is 4.79 Å². The zero-order chi connectivity index (χ0) is 14.4. The van der Waals surface area contributed by atoms with Gasteiger partial charge in [-0.25, -0.2) is 9.97 Å². The van der Waals surface area contributed by atoms with Crippen LogP contribution in [0, 0.1) is 0 Å². The highest BCUT2D eigenvalue weighted by atomic mass is 32.2. The Kier molecular flexibility index (Phi) is 4.83. The summed E-state index contributed by atoms with van der Waals surface area (Å²) in [7, 11) is 0. The number of rotatable bonds is 5. The van der Waals surface area contributed by atoms with Gasteiger partial charge >= 0.3 is 0 Å². The normalized spacial score (nSPS) is 11.8. The first-order valence-corrected chi connectivity index (χ1v) is 6.89. The summed E-state index contributed by atoms with van der Waals surface area (Å²) in [5.74, 6) is 0.0366. The van der Waals surface area contributed by atoms with E-state index in [4.69, 9.17) is 5.73 Å². The van der Waals surface area contributed by atoms with E-state index in [0.717, 1.165) is 0 Å². The van der Waals surface area contributed by atoms with E-state index in [2.05, 4.69) is 25.3 Å². The van der Waals surface area contributed by atoms with Crippen molar-refractivity contribution in [1.29, 1.82) is 0 Å². The highest BCUT2D eigenvalue weighted by Gasteiger charge is 2.19. The molecule has 0 radical (unpaired) electrons. The van der Waals surface area contributed by atoms with E-state index in [0.29, 0.717) is 17.3 Å². The molecule has 3 N–H and O–H groups in total. The summed E-state index contributed by atoms with van der Waals surface area (Å²) in [6.45, 7) is 1.92. The number of nitrogens with two attached hydrogens (primary N) is 1. The fraction of sp³-hybridized carbons (Fsp3) is 0.250. The Hall–Kier alpha value is -2.22. The van der Waals surface area contributed by atoms with Crippen LogP contribution >= 0.6 is 11.8 Å². The maximum Gasteiger partial charge on any atom is 0.237 e. The van der Waals surface area contributed by atoms with Crippen molar-refractivity contribution in [1.82, 2.24) is 19.9 Å². The minimum atomic E-state index is -0.301. The second kappa shape index (κ2) is 6.80. The van der Waals surface area contributed by atoms with Gasteiger partial charge in [-0.05, 0) is 18.6 Å². The fourth-order valence-electron chi connectivity index (χ4n) is 1.46. The first kappa shape index (κ1) is 14.2. The van der Waals surface area contributed by atoms with Gasteiger partial charge in [0.2, 0.25) is 11.9 Å². The number of pyridine rings is 1. The smallest absolute Gasteiger partial charge is 0.237 e. The lowest BCUT2D eigenvalue weighted by Crippen LogP contribution is -2.24. The molecule has 2 heterocycles. The second-order valence-corrected chi connectivity index (χ2v) is 5.04. The number of thioether (sulfide) groups is 1. The van der Waals surface area contributed by atoms with Gasteiger partial charge in [-0.3, -0.25) is 9.78 Å². The average molecular weight is 290 g/mol. The third kappa shape index (κ3) is 3.89. The Morgan fingerprint density at radius 3 is 2.80 bits per heavy atom. The summed E-state index contributed by atoms with van der Waals surface area (Å²) >= 11 is 1.26. The molecule has 20 heavy (non-hydrogen) atoms. The van der Waals surface area contributed by atoms with E-state index in [1.54, 1.807) is 24.5 Å². The molecule has 2 aromatic rings. The van der Waals surface area contributed by atoms with Crippen LogP contribution in [0.3, 0.4) is 0 Å².